The normalized spacial score (nSPS) is 18.6. The summed E-state index contributed by atoms with van der Waals surface area (Å²) in [4.78, 5) is 2.33. The summed E-state index contributed by atoms with van der Waals surface area (Å²) in [5.74, 6) is 0.190. The SMILES string of the molecule is Cc1cccc(CN(CCCS(=O)(=O)N(C)C)C[C@@H]2CCCO2)c1. The summed E-state index contributed by atoms with van der Waals surface area (Å²) >= 11 is 0. The quantitative estimate of drug-likeness (QED) is 0.682. The van der Waals surface area contributed by atoms with Gasteiger partial charge in [0.15, 0.2) is 0 Å². The molecule has 1 aromatic rings. The van der Waals surface area contributed by atoms with Crippen molar-refractivity contribution in [3.8, 4) is 0 Å². The van der Waals surface area contributed by atoms with Crippen LogP contribution >= 0.6 is 0 Å². The first kappa shape index (κ1) is 19.4. The summed E-state index contributed by atoms with van der Waals surface area (Å²) in [6, 6.07) is 8.49. The fraction of sp³-hybridized carbons (Fsp3) is 0.667. The summed E-state index contributed by atoms with van der Waals surface area (Å²) in [5, 5.41) is 0. The minimum atomic E-state index is -3.13. The molecule has 1 heterocycles. The molecule has 1 aliphatic rings. The fourth-order valence-electron chi connectivity index (χ4n) is 3.03. The minimum absolute atomic E-state index is 0.190. The number of ether oxygens (including phenoxy) is 1. The molecule has 0 aliphatic carbocycles. The molecule has 0 N–H and O–H groups in total. The molecule has 1 saturated heterocycles. The average Bonchev–Trinajstić information content (AvgIpc) is 2.99. The van der Waals surface area contributed by atoms with Gasteiger partial charge in [0.05, 0.1) is 11.9 Å². The van der Waals surface area contributed by atoms with Crippen LogP contribution in [0.4, 0.5) is 0 Å². The molecule has 0 saturated carbocycles. The van der Waals surface area contributed by atoms with Crippen LogP contribution in [0.1, 0.15) is 30.4 Å². The van der Waals surface area contributed by atoms with Crippen LogP contribution in [0.2, 0.25) is 0 Å². The van der Waals surface area contributed by atoms with Gasteiger partial charge in [-0.05, 0) is 38.3 Å². The molecule has 1 fully saturated rings. The summed E-state index contributed by atoms with van der Waals surface area (Å²) in [6.07, 6.45) is 3.14. The second-order valence-electron chi connectivity index (χ2n) is 6.81. The Morgan fingerprint density at radius 3 is 2.71 bits per heavy atom. The highest BCUT2D eigenvalue weighted by Gasteiger charge is 2.20. The van der Waals surface area contributed by atoms with Crippen molar-refractivity contribution in [3.05, 3.63) is 35.4 Å². The van der Waals surface area contributed by atoms with Crippen molar-refractivity contribution in [2.75, 3.05) is 39.5 Å². The number of aryl methyl sites for hydroxylation is 1. The maximum absolute atomic E-state index is 11.9. The summed E-state index contributed by atoms with van der Waals surface area (Å²) in [5.41, 5.74) is 2.52. The van der Waals surface area contributed by atoms with E-state index in [4.69, 9.17) is 4.74 Å². The van der Waals surface area contributed by atoms with E-state index in [-0.39, 0.29) is 11.9 Å². The van der Waals surface area contributed by atoms with Crippen LogP contribution in [-0.4, -0.2) is 63.3 Å². The van der Waals surface area contributed by atoms with Gasteiger partial charge in [0, 0.05) is 33.8 Å². The first-order chi connectivity index (χ1) is 11.4. The largest absolute Gasteiger partial charge is 0.377 e. The highest BCUT2D eigenvalue weighted by Crippen LogP contribution is 2.16. The van der Waals surface area contributed by atoms with E-state index in [1.165, 1.54) is 15.4 Å². The molecule has 136 valence electrons. The molecule has 0 unspecified atom stereocenters. The molecule has 24 heavy (non-hydrogen) atoms. The smallest absolute Gasteiger partial charge is 0.213 e. The van der Waals surface area contributed by atoms with E-state index in [1.54, 1.807) is 14.1 Å². The maximum Gasteiger partial charge on any atom is 0.213 e. The molecule has 0 bridgehead atoms. The lowest BCUT2D eigenvalue weighted by Crippen LogP contribution is -2.34. The van der Waals surface area contributed by atoms with Gasteiger partial charge >= 0.3 is 0 Å². The van der Waals surface area contributed by atoms with Gasteiger partial charge in [-0.2, -0.15) is 0 Å². The van der Waals surface area contributed by atoms with Crippen molar-refractivity contribution in [3.63, 3.8) is 0 Å². The van der Waals surface area contributed by atoms with E-state index in [2.05, 4.69) is 36.1 Å². The molecule has 0 amide bonds. The van der Waals surface area contributed by atoms with Crippen LogP contribution < -0.4 is 0 Å². The molecule has 0 spiro atoms. The Bertz CT molecular complexity index is 610. The standard InChI is InChI=1S/C18H30N2O3S/c1-16-7-4-8-17(13-16)14-20(15-18-9-5-11-23-18)10-6-12-24(21,22)19(2)3/h4,7-8,13,18H,5-6,9-12,14-15H2,1-3H3/t18-/m0/s1. The first-order valence-electron chi connectivity index (χ1n) is 8.66. The highest BCUT2D eigenvalue weighted by molar-refractivity contribution is 7.89. The van der Waals surface area contributed by atoms with E-state index in [0.29, 0.717) is 6.42 Å². The zero-order chi connectivity index (χ0) is 17.6. The van der Waals surface area contributed by atoms with Gasteiger partial charge in [-0.3, -0.25) is 4.90 Å². The molecule has 1 atom stereocenters. The van der Waals surface area contributed by atoms with Crippen LogP contribution in [0.3, 0.4) is 0 Å². The predicted molar refractivity (Wildman–Crippen MR) is 97.5 cm³/mol. The predicted octanol–water partition coefficient (Wildman–Crippen LogP) is 2.26. The van der Waals surface area contributed by atoms with Gasteiger partial charge in [-0.25, -0.2) is 12.7 Å². The lowest BCUT2D eigenvalue weighted by molar-refractivity contribution is 0.0706. The molecule has 6 heteroatoms. The Hall–Kier alpha value is -0.950. The average molecular weight is 355 g/mol. The zero-order valence-electron chi connectivity index (χ0n) is 15.1. The van der Waals surface area contributed by atoms with Crippen molar-refractivity contribution >= 4 is 10.0 Å². The number of benzene rings is 1. The van der Waals surface area contributed by atoms with E-state index in [0.717, 1.165) is 39.1 Å². The molecular weight excluding hydrogens is 324 g/mol. The molecule has 2 rings (SSSR count). The van der Waals surface area contributed by atoms with Crippen LogP contribution in [0.25, 0.3) is 0 Å². The van der Waals surface area contributed by atoms with Gasteiger partial charge < -0.3 is 4.74 Å². The van der Waals surface area contributed by atoms with Crippen LogP contribution in [-0.2, 0) is 21.3 Å². The van der Waals surface area contributed by atoms with E-state index < -0.39 is 10.0 Å². The number of sulfonamides is 1. The Morgan fingerprint density at radius 1 is 1.29 bits per heavy atom. The van der Waals surface area contributed by atoms with Gasteiger partial charge in [-0.15, -0.1) is 0 Å². The molecule has 1 aliphatic heterocycles. The van der Waals surface area contributed by atoms with Crippen molar-refractivity contribution in [2.45, 2.75) is 38.8 Å². The minimum Gasteiger partial charge on any atom is -0.377 e. The molecule has 5 nitrogen and oxygen atoms in total. The van der Waals surface area contributed by atoms with E-state index in [9.17, 15) is 8.42 Å². The lowest BCUT2D eigenvalue weighted by atomic mass is 10.1. The van der Waals surface area contributed by atoms with Gasteiger partial charge in [0.25, 0.3) is 0 Å². The zero-order valence-corrected chi connectivity index (χ0v) is 15.9. The number of hydrogen-bond donors (Lipinski definition) is 0. The summed E-state index contributed by atoms with van der Waals surface area (Å²) in [7, 11) is 0.0537. The van der Waals surface area contributed by atoms with Gasteiger partial charge in [0.2, 0.25) is 10.0 Å². The second-order valence-corrected chi connectivity index (χ2v) is 9.11. The first-order valence-corrected chi connectivity index (χ1v) is 10.3. The third-order valence-corrected chi connectivity index (χ3v) is 6.32. The second kappa shape index (κ2) is 8.94. The Morgan fingerprint density at radius 2 is 2.08 bits per heavy atom. The maximum atomic E-state index is 11.9. The Kier molecular flexibility index (Phi) is 7.22. The lowest BCUT2D eigenvalue weighted by Gasteiger charge is -2.25. The number of hydrogen-bond acceptors (Lipinski definition) is 4. The topological polar surface area (TPSA) is 49.9 Å². The monoisotopic (exact) mass is 354 g/mol. The third-order valence-electron chi connectivity index (χ3n) is 4.41. The third kappa shape index (κ3) is 6.16. The highest BCUT2D eigenvalue weighted by atomic mass is 32.2. The Balaban J connectivity index is 1.94. The van der Waals surface area contributed by atoms with Crippen LogP contribution in [0.5, 0.6) is 0 Å². The molecule has 0 aromatic heterocycles. The summed E-state index contributed by atoms with van der Waals surface area (Å²) < 4.78 is 30.9. The summed E-state index contributed by atoms with van der Waals surface area (Å²) in [6.45, 7) is 5.41. The molecule has 0 radical (unpaired) electrons. The van der Waals surface area contributed by atoms with E-state index >= 15 is 0 Å². The molecule has 1 aromatic carbocycles. The number of nitrogens with zero attached hydrogens (tertiary/aromatic N) is 2. The fourth-order valence-corrected chi connectivity index (χ4v) is 3.89. The van der Waals surface area contributed by atoms with Crippen LogP contribution in [0, 0.1) is 6.92 Å². The van der Waals surface area contributed by atoms with Crippen molar-refractivity contribution in [1.29, 1.82) is 0 Å². The Labute approximate surface area is 146 Å². The number of rotatable bonds is 9. The van der Waals surface area contributed by atoms with E-state index in [1.807, 2.05) is 0 Å². The van der Waals surface area contributed by atoms with Crippen molar-refractivity contribution in [1.82, 2.24) is 9.21 Å². The van der Waals surface area contributed by atoms with Crippen molar-refractivity contribution in [2.24, 2.45) is 0 Å². The van der Waals surface area contributed by atoms with Crippen LogP contribution in [0.15, 0.2) is 24.3 Å². The van der Waals surface area contributed by atoms with Crippen molar-refractivity contribution < 1.29 is 13.2 Å². The van der Waals surface area contributed by atoms with Gasteiger partial charge in [0.1, 0.15) is 0 Å². The van der Waals surface area contributed by atoms with Gasteiger partial charge in [-0.1, -0.05) is 29.8 Å². The molecular formula is C18H30N2O3S.